The predicted octanol–water partition coefficient (Wildman–Crippen LogP) is 2.13. The highest BCUT2D eigenvalue weighted by molar-refractivity contribution is 6.18. The highest BCUT2D eigenvalue weighted by Gasteiger charge is 2.32. The third-order valence-electron chi connectivity index (χ3n) is 2.69. The third-order valence-corrected chi connectivity index (χ3v) is 3.04. The Kier molecular flexibility index (Phi) is 6.05. The zero-order chi connectivity index (χ0) is 12.0. The van der Waals surface area contributed by atoms with E-state index in [0.717, 1.165) is 39.3 Å². The van der Waals surface area contributed by atoms with Gasteiger partial charge in [-0.05, 0) is 27.2 Å². The minimum absolute atomic E-state index is 0.0799. The molecule has 1 unspecified atom stereocenters. The fourth-order valence-electron chi connectivity index (χ4n) is 2.20. The zero-order valence-electron chi connectivity index (χ0n) is 10.7. The third kappa shape index (κ3) is 5.00. The topological polar surface area (TPSA) is 21.7 Å². The first-order chi connectivity index (χ1) is 7.57. The van der Waals surface area contributed by atoms with Crippen LogP contribution >= 0.6 is 11.6 Å². The first-order valence-corrected chi connectivity index (χ1v) is 6.64. The van der Waals surface area contributed by atoms with Gasteiger partial charge in [-0.25, -0.2) is 0 Å². The van der Waals surface area contributed by atoms with Crippen LogP contribution in [0.15, 0.2) is 0 Å². The van der Waals surface area contributed by atoms with E-state index in [1.54, 1.807) is 0 Å². The maximum absolute atomic E-state index is 5.88. The molecule has 3 nitrogen and oxygen atoms in total. The summed E-state index contributed by atoms with van der Waals surface area (Å²) in [5.74, 6) is 0.575. The monoisotopic (exact) mass is 249 g/mol. The summed E-state index contributed by atoms with van der Waals surface area (Å²) in [7, 11) is 0. The molecule has 1 aliphatic rings. The summed E-state index contributed by atoms with van der Waals surface area (Å²) in [6.45, 7) is 10.9. The summed E-state index contributed by atoms with van der Waals surface area (Å²) >= 11 is 5.88. The van der Waals surface area contributed by atoms with Gasteiger partial charge in [-0.2, -0.15) is 0 Å². The quantitative estimate of drug-likeness (QED) is 0.532. The molecule has 1 aliphatic heterocycles. The number of alkyl halides is 1. The van der Waals surface area contributed by atoms with E-state index in [0.29, 0.717) is 5.88 Å². The van der Waals surface area contributed by atoms with Crippen molar-refractivity contribution in [2.24, 2.45) is 0 Å². The van der Waals surface area contributed by atoms with E-state index in [1.165, 1.54) is 0 Å². The van der Waals surface area contributed by atoms with Gasteiger partial charge >= 0.3 is 0 Å². The minimum Gasteiger partial charge on any atom is -0.382 e. The Hall–Kier alpha value is 0.170. The van der Waals surface area contributed by atoms with Crippen LogP contribution in [0.4, 0.5) is 0 Å². The van der Waals surface area contributed by atoms with Crippen LogP contribution in [-0.2, 0) is 9.47 Å². The van der Waals surface area contributed by atoms with Crippen molar-refractivity contribution in [3.8, 4) is 0 Å². The molecule has 0 saturated carbocycles. The van der Waals surface area contributed by atoms with Gasteiger partial charge in [-0.3, -0.25) is 4.90 Å². The van der Waals surface area contributed by atoms with Crippen molar-refractivity contribution in [2.75, 3.05) is 38.7 Å². The number of rotatable bonds is 6. The molecule has 0 aromatic carbocycles. The molecule has 0 radical (unpaired) electrons. The van der Waals surface area contributed by atoms with Gasteiger partial charge in [-0.1, -0.05) is 0 Å². The van der Waals surface area contributed by atoms with Crippen molar-refractivity contribution in [3.63, 3.8) is 0 Å². The summed E-state index contributed by atoms with van der Waals surface area (Å²) < 4.78 is 11.2. The number of morpholine rings is 1. The Morgan fingerprint density at radius 3 is 2.88 bits per heavy atom. The van der Waals surface area contributed by atoms with Crippen LogP contribution in [0.25, 0.3) is 0 Å². The number of halogens is 1. The van der Waals surface area contributed by atoms with Crippen LogP contribution < -0.4 is 0 Å². The van der Waals surface area contributed by atoms with E-state index in [9.17, 15) is 0 Å². The summed E-state index contributed by atoms with van der Waals surface area (Å²) in [6.07, 6.45) is 1.25. The molecule has 96 valence electrons. The molecule has 1 rings (SSSR count). The van der Waals surface area contributed by atoms with Gasteiger partial charge in [0.15, 0.2) is 0 Å². The second-order valence-corrected chi connectivity index (χ2v) is 5.25. The Labute approximate surface area is 104 Å². The molecule has 1 saturated heterocycles. The average molecular weight is 250 g/mol. The lowest BCUT2D eigenvalue weighted by Gasteiger charge is -2.42. The molecule has 0 amide bonds. The summed E-state index contributed by atoms with van der Waals surface area (Å²) in [4.78, 5) is 2.43. The van der Waals surface area contributed by atoms with Gasteiger partial charge < -0.3 is 9.47 Å². The molecular formula is C12H24ClNO2. The van der Waals surface area contributed by atoms with Crippen molar-refractivity contribution < 1.29 is 9.47 Å². The van der Waals surface area contributed by atoms with E-state index in [2.05, 4.69) is 18.7 Å². The first kappa shape index (κ1) is 14.2. The summed E-state index contributed by atoms with van der Waals surface area (Å²) in [5.41, 5.74) is -0.0799. The van der Waals surface area contributed by atoms with Crippen molar-refractivity contribution in [1.29, 1.82) is 0 Å². The van der Waals surface area contributed by atoms with Crippen LogP contribution in [-0.4, -0.2) is 55.3 Å². The van der Waals surface area contributed by atoms with Gasteiger partial charge in [-0.15, -0.1) is 11.6 Å². The second kappa shape index (κ2) is 6.80. The normalized spacial score (nSPS) is 25.9. The fourth-order valence-corrected chi connectivity index (χ4v) is 2.36. The SMILES string of the molecule is CCOCCCN1CC(CCl)OC(C)(C)C1. The molecule has 0 aliphatic carbocycles. The molecule has 0 bridgehead atoms. The molecule has 1 atom stereocenters. The molecular weight excluding hydrogens is 226 g/mol. The van der Waals surface area contributed by atoms with Gasteiger partial charge in [0, 0.05) is 38.7 Å². The molecule has 1 fully saturated rings. The Morgan fingerprint density at radius 2 is 2.25 bits per heavy atom. The van der Waals surface area contributed by atoms with Crippen molar-refractivity contribution >= 4 is 11.6 Å². The molecule has 0 aromatic rings. The molecule has 1 heterocycles. The largest absolute Gasteiger partial charge is 0.382 e. The van der Waals surface area contributed by atoms with E-state index < -0.39 is 0 Å². The number of nitrogens with zero attached hydrogens (tertiary/aromatic N) is 1. The summed E-state index contributed by atoms with van der Waals surface area (Å²) in [5, 5.41) is 0. The van der Waals surface area contributed by atoms with Crippen molar-refractivity contribution in [1.82, 2.24) is 4.90 Å². The van der Waals surface area contributed by atoms with Crippen LogP contribution in [0.3, 0.4) is 0 Å². The Balaban J connectivity index is 2.29. The first-order valence-electron chi connectivity index (χ1n) is 6.11. The van der Waals surface area contributed by atoms with Crippen LogP contribution in [0.2, 0.25) is 0 Å². The Morgan fingerprint density at radius 1 is 1.50 bits per heavy atom. The summed E-state index contributed by atoms with van der Waals surface area (Å²) in [6, 6.07) is 0. The standard InChI is InChI=1S/C12H24ClNO2/c1-4-15-7-5-6-14-9-11(8-13)16-12(2,3)10-14/h11H,4-10H2,1-3H3. The zero-order valence-corrected chi connectivity index (χ0v) is 11.4. The van der Waals surface area contributed by atoms with Gasteiger partial charge in [0.25, 0.3) is 0 Å². The van der Waals surface area contributed by atoms with Crippen LogP contribution in [0, 0.1) is 0 Å². The Bertz CT molecular complexity index is 199. The number of hydrogen-bond acceptors (Lipinski definition) is 3. The van der Waals surface area contributed by atoms with Gasteiger partial charge in [0.2, 0.25) is 0 Å². The second-order valence-electron chi connectivity index (χ2n) is 4.94. The molecule has 16 heavy (non-hydrogen) atoms. The molecule has 0 spiro atoms. The molecule has 0 aromatic heterocycles. The minimum atomic E-state index is -0.0799. The van der Waals surface area contributed by atoms with E-state index in [1.807, 2.05) is 6.92 Å². The number of ether oxygens (including phenoxy) is 2. The lowest BCUT2D eigenvalue weighted by Crippen LogP contribution is -2.53. The van der Waals surface area contributed by atoms with E-state index >= 15 is 0 Å². The molecule has 4 heteroatoms. The highest BCUT2D eigenvalue weighted by atomic mass is 35.5. The highest BCUT2D eigenvalue weighted by Crippen LogP contribution is 2.21. The van der Waals surface area contributed by atoms with Crippen LogP contribution in [0.5, 0.6) is 0 Å². The van der Waals surface area contributed by atoms with Crippen molar-refractivity contribution in [3.05, 3.63) is 0 Å². The molecule has 0 N–H and O–H groups in total. The fraction of sp³-hybridized carbons (Fsp3) is 1.00. The smallest absolute Gasteiger partial charge is 0.0844 e. The maximum Gasteiger partial charge on any atom is 0.0844 e. The lowest BCUT2D eigenvalue weighted by atomic mass is 10.1. The lowest BCUT2D eigenvalue weighted by molar-refractivity contribution is -0.128. The predicted molar refractivity (Wildman–Crippen MR) is 67.2 cm³/mol. The van der Waals surface area contributed by atoms with Crippen molar-refractivity contribution in [2.45, 2.75) is 38.9 Å². The van der Waals surface area contributed by atoms with Gasteiger partial charge in [0.1, 0.15) is 0 Å². The average Bonchev–Trinajstić information content (AvgIpc) is 2.22. The number of hydrogen-bond donors (Lipinski definition) is 0. The van der Waals surface area contributed by atoms with E-state index in [4.69, 9.17) is 21.1 Å². The maximum atomic E-state index is 5.88. The van der Waals surface area contributed by atoms with E-state index in [-0.39, 0.29) is 11.7 Å². The van der Waals surface area contributed by atoms with Crippen LogP contribution in [0.1, 0.15) is 27.2 Å². The van der Waals surface area contributed by atoms with Gasteiger partial charge in [0.05, 0.1) is 11.7 Å².